The minimum atomic E-state index is -0.0165. The van der Waals surface area contributed by atoms with E-state index in [1.165, 1.54) is 10.9 Å². The number of rotatable bonds is 13. The van der Waals surface area contributed by atoms with Gasteiger partial charge in [0.05, 0.1) is 13.0 Å². The maximum Gasteiger partial charge on any atom is 0.242 e. The van der Waals surface area contributed by atoms with Crippen molar-refractivity contribution in [1.82, 2.24) is 14.8 Å². The zero-order valence-corrected chi connectivity index (χ0v) is 23.5. The van der Waals surface area contributed by atoms with Gasteiger partial charge in [-0.15, -0.1) is 11.3 Å². The molecular weight excluding hydrogens is 492 g/mol. The summed E-state index contributed by atoms with van der Waals surface area (Å²) in [6.45, 7) is 3.90. The lowest BCUT2D eigenvalue weighted by Gasteiger charge is -2.28. The number of amides is 2. The van der Waals surface area contributed by atoms with Crippen LogP contribution in [0, 0.1) is 0 Å². The maximum absolute atomic E-state index is 13.7. The SMILES string of the molecule is CCCCN(CC(=O)N(CCc1c[nH]c2ccccc12)Cc1ccc(N(C)C)cc1)C(=O)Cc1cccs1. The van der Waals surface area contributed by atoms with Gasteiger partial charge in [-0.3, -0.25) is 9.59 Å². The Bertz CT molecular complexity index is 1310. The summed E-state index contributed by atoms with van der Waals surface area (Å²) < 4.78 is 0. The number of aromatic amines is 1. The van der Waals surface area contributed by atoms with Crippen molar-refractivity contribution in [2.24, 2.45) is 0 Å². The highest BCUT2D eigenvalue weighted by Gasteiger charge is 2.22. The summed E-state index contributed by atoms with van der Waals surface area (Å²) in [5, 5.41) is 3.17. The van der Waals surface area contributed by atoms with Crippen LogP contribution < -0.4 is 4.90 Å². The number of fused-ring (bicyclic) bond motifs is 1. The summed E-state index contributed by atoms with van der Waals surface area (Å²) in [5.41, 5.74) is 4.49. The van der Waals surface area contributed by atoms with E-state index >= 15 is 0 Å². The Hall–Kier alpha value is -3.58. The van der Waals surface area contributed by atoms with Crippen LogP contribution in [0.25, 0.3) is 10.9 Å². The Labute approximate surface area is 229 Å². The Morgan fingerprint density at radius 3 is 2.39 bits per heavy atom. The van der Waals surface area contributed by atoms with Gasteiger partial charge in [-0.25, -0.2) is 0 Å². The van der Waals surface area contributed by atoms with Gasteiger partial charge in [-0.05, 0) is 53.6 Å². The van der Waals surface area contributed by atoms with Gasteiger partial charge >= 0.3 is 0 Å². The smallest absolute Gasteiger partial charge is 0.242 e. The van der Waals surface area contributed by atoms with Gasteiger partial charge in [0.2, 0.25) is 11.8 Å². The minimum Gasteiger partial charge on any atom is -0.378 e. The molecule has 0 aliphatic carbocycles. The van der Waals surface area contributed by atoms with Crippen LogP contribution in [0.1, 0.15) is 35.8 Å². The normalized spacial score (nSPS) is 11.0. The van der Waals surface area contributed by atoms with Crippen molar-refractivity contribution < 1.29 is 9.59 Å². The molecule has 0 spiro atoms. The molecule has 0 unspecified atom stereocenters. The van der Waals surface area contributed by atoms with Crippen molar-refractivity contribution in [3.05, 3.63) is 88.2 Å². The first-order valence-corrected chi connectivity index (χ1v) is 14.2. The Morgan fingerprint density at radius 2 is 1.68 bits per heavy atom. The first-order chi connectivity index (χ1) is 18.4. The second kappa shape index (κ2) is 13.3. The second-order valence-electron chi connectivity index (χ2n) is 9.91. The molecule has 2 amide bonds. The molecule has 6 nitrogen and oxygen atoms in total. The van der Waals surface area contributed by atoms with E-state index in [2.05, 4.69) is 53.2 Å². The van der Waals surface area contributed by atoms with Crippen LogP contribution in [0.3, 0.4) is 0 Å². The molecule has 200 valence electrons. The highest BCUT2D eigenvalue weighted by Crippen LogP contribution is 2.20. The van der Waals surface area contributed by atoms with Crippen molar-refractivity contribution in [3.63, 3.8) is 0 Å². The monoisotopic (exact) mass is 530 g/mol. The number of benzene rings is 2. The predicted molar refractivity (Wildman–Crippen MR) is 158 cm³/mol. The third kappa shape index (κ3) is 7.25. The van der Waals surface area contributed by atoms with Crippen LogP contribution in [0.4, 0.5) is 5.69 Å². The van der Waals surface area contributed by atoms with Crippen molar-refractivity contribution in [3.8, 4) is 0 Å². The Kier molecular flexibility index (Phi) is 9.60. The molecule has 0 bridgehead atoms. The number of nitrogens with one attached hydrogen (secondary N) is 1. The number of nitrogens with zero attached hydrogens (tertiary/aromatic N) is 3. The van der Waals surface area contributed by atoms with Crippen LogP contribution in [0.2, 0.25) is 0 Å². The van der Waals surface area contributed by atoms with Gasteiger partial charge in [-0.1, -0.05) is 49.7 Å². The molecule has 0 fully saturated rings. The highest BCUT2D eigenvalue weighted by molar-refractivity contribution is 7.10. The van der Waals surface area contributed by atoms with Crippen LogP contribution >= 0.6 is 11.3 Å². The fraction of sp³-hybridized carbons (Fsp3) is 0.355. The molecule has 0 aliphatic rings. The Balaban J connectivity index is 1.51. The Morgan fingerprint density at radius 1 is 0.895 bits per heavy atom. The lowest BCUT2D eigenvalue weighted by atomic mass is 10.1. The molecule has 2 aromatic carbocycles. The second-order valence-corrected chi connectivity index (χ2v) is 10.9. The van der Waals surface area contributed by atoms with E-state index in [0.29, 0.717) is 26.1 Å². The van der Waals surface area contributed by atoms with Crippen LogP contribution in [-0.2, 0) is 29.0 Å². The third-order valence-electron chi connectivity index (χ3n) is 6.87. The molecule has 0 saturated heterocycles. The van der Waals surface area contributed by atoms with E-state index in [0.717, 1.165) is 40.9 Å². The summed E-state index contributed by atoms with van der Waals surface area (Å²) in [4.78, 5) is 37.0. The molecule has 0 atom stereocenters. The van der Waals surface area contributed by atoms with Gasteiger partial charge in [0.25, 0.3) is 0 Å². The molecule has 4 aromatic rings. The number of aromatic nitrogens is 1. The van der Waals surface area contributed by atoms with Gasteiger partial charge in [0, 0.05) is 61.4 Å². The van der Waals surface area contributed by atoms with Gasteiger partial charge in [0.1, 0.15) is 0 Å². The number of unbranched alkanes of at least 4 members (excludes halogenated alkanes) is 1. The third-order valence-corrected chi connectivity index (χ3v) is 7.75. The molecular formula is C31H38N4O2S. The zero-order valence-electron chi connectivity index (χ0n) is 22.7. The van der Waals surface area contributed by atoms with Crippen molar-refractivity contribution >= 4 is 39.7 Å². The molecule has 7 heteroatoms. The number of anilines is 1. The number of H-pyrrole nitrogens is 1. The van der Waals surface area contributed by atoms with Crippen LogP contribution in [0.5, 0.6) is 0 Å². The largest absolute Gasteiger partial charge is 0.378 e. The average molecular weight is 531 g/mol. The summed E-state index contributed by atoms with van der Waals surface area (Å²) in [7, 11) is 4.04. The molecule has 0 radical (unpaired) electrons. The molecule has 2 heterocycles. The van der Waals surface area contributed by atoms with Gasteiger partial charge in [0.15, 0.2) is 0 Å². The summed E-state index contributed by atoms with van der Waals surface area (Å²) >= 11 is 1.58. The fourth-order valence-corrected chi connectivity index (χ4v) is 5.28. The topological polar surface area (TPSA) is 59.7 Å². The van der Waals surface area contributed by atoms with Crippen LogP contribution in [0.15, 0.2) is 72.2 Å². The van der Waals surface area contributed by atoms with Crippen molar-refractivity contribution in [2.45, 2.75) is 39.2 Å². The molecule has 4 rings (SSSR count). The van der Waals surface area contributed by atoms with E-state index in [9.17, 15) is 9.59 Å². The number of hydrogen-bond donors (Lipinski definition) is 1. The van der Waals surface area contributed by atoms with E-state index in [-0.39, 0.29) is 18.4 Å². The molecule has 0 aliphatic heterocycles. The summed E-state index contributed by atoms with van der Waals surface area (Å²) in [5.74, 6) is -0.00155. The summed E-state index contributed by atoms with van der Waals surface area (Å²) in [6.07, 6.45) is 4.97. The quantitative estimate of drug-likeness (QED) is 0.240. The number of carbonyl (C=O) groups excluding carboxylic acids is 2. The fourth-order valence-electron chi connectivity index (χ4n) is 4.58. The summed E-state index contributed by atoms with van der Waals surface area (Å²) in [6, 6.07) is 20.5. The molecule has 2 aromatic heterocycles. The lowest BCUT2D eigenvalue weighted by molar-refractivity contribution is -0.140. The van der Waals surface area contributed by atoms with Crippen molar-refractivity contribution in [1.29, 1.82) is 0 Å². The zero-order chi connectivity index (χ0) is 26.9. The molecule has 0 saturated carbocycles. The average Bonchev–Trinajstić information content (AvgIpc) is 3.59. The van der Waals surface area contributed by atoms with Gasteiger partial charge in [-0.2, -0.15) is 0 Å². The standard InChI is InChI=1S/C31H38N4O2S/c1-4-5-17-34(30(36)20-27-9-8-19-38-27)23-31(37)35(22-24-12-14-26(15-13-24)33(2)3)18-16-25-21-32-29-11-7-6-10-28(25)29/h6-15,19,21,32H,4-5,16-18,20,22-23H2,1-3H3. The van der Waals surface area contributed by atoms with Gasteiger partial charge < -0.3 is 19.7 Å². The lowest BCUT2D eigenvalue weighted by Crippen LogP contribution is -2.44. The maximum atomic E-state index is 13.7. The van der Waals surface area contributed by atoms with E-state index in [1.54, 1.807) is 16.2 Å². The number of thiophene rings is 1. The number of para-hydroxylation sites is 1. The first kappa shape index (κ1) is 27.5. The number of carbonyl (C=O) groups is 2. The molecule has 1 N–H and O–H groups in total. The predicted octanol–water partition coefficient (Wildman–Crippen LogP) is 5.74. The molecule has 38 heavy (non-hydrogen) atoms. The van der Waals surface area contributed by atoms with Crippen molar-refractivity contribution in [2.75, 3.05) is 38.6 Å². The minimum absolute atomic E-state index is 0.0150. The highest BCUT2D eigenvalue weighted by atomic mass is 32.1. The van der Waals surface area contributed by atoms with E-state index in [1.807, 2.05) is 54.8 Å². The van der Waals surface area contributed by atoms with Crippen LogP contribution in [-0.4, -0.2) is 60.3 Å². The first-order valence-electron chi connectivity index (χ1n) is 13.3. The van der Waals surface area contributed by atoms with E-state index in [4.69, 9.17) is 0 Å². The van der Waals surface area contributed by atoms with E-state index < -0.39 is 0 Å². The number of hydrogen-bond acceptors (Lipinski definition) is 4.